The van der Waals surface area contributed by atoms with E-state index in [1.54, 1.807) is 0 Å². The van der Waals surface area contributed by atoms with Crippen LogP contribution in [0.1, 0.15) is 207 Å². The van der Waals surface area contributed by atoms with Crippen molar-refractivity contribution in [3.63, 3.8) is 0 Å². The van der Waals surface area contributed by atoms with Crippen LogP contribution in [0.4, 0.5) is 0 Å². The van der Waals surface area contributed by atoms with Crippen LogP contribution >= 0.6 is 0 Å². The molecule has 1 unspecified atom stereocenters. The third-order valence-corrected chi connectivity index (χ3v) is 9.46. The molecule has 0 aromatic carbocycles. The van der Waals surface area contributed by atoms with Gasteiger partial charge in [0.1, 0.15) is 13.2 Å². The van der Waals surface area contributed by atoms with Crippen LogP contribution in [0.25, 0.3) is 0 Å². The summed E-state index contributed by atoms with van der Waals surface area (Å²) in [5, 5.41) is 0. The number of hydrogen-bond acceptors (Lipinski definition) is 6. The average molecular weight is 781 g/mol. The van der Waals surface area contributed by atoms with Crippen molar-refractivity contribution < 1.29 is 28.6 Å². The first-order valence-corrected chi connectivity index (χ1v) is 22.9. The Hall–Kier alpha value is -3.15. The highest BCUT2D eigenvalue weighted by Crippen LogP contribution is 2.13. The number of ether oxygens (including phenoxy) is 3. The van der Waals surface area contributed by atoms with E-state index < -0.39 is 6.10 Å². The first kappa shape index (κ1) is 52.9. The standard InChI is InChI=1S/C50H84O6/c1-4-7-10-13-16-19-22-24-25-27-28-31-34-37-40-43-49(52)55-46-47(45-54-48(51)42-39-36-33-30-21-18-15-12-9-6-3)56-50(53)44-41-38-35-32-29-26-23-20-17-14-11-8-5-2/h7-8,10-11,16-17,19-20,24-26,29,47H,4-6,9,12-15,18,21-23,27-28,30-46H2,1-3H3/b10-7-,11-8-,19-16-,20-17-,25-24-,29-26-. The van der Waals surface area contributed by atoms with Gasteiger partial charge in [0.25, 0.3) is 0 Å². The fraction of sp³-hybridized carbons (Fsp3) is 0.700. The molecule has 0 rings (SSSR count). The number of carbonyl (C=O) groups excluding carboxylic acids is 3. The Balaban J connectivity index is 4.45. The summed E-state index contributed by atoms with van der Waals surface area (Å²) in [4.78, 5) is 37.7. The SMILES string of the molecule is CC/C=C\C/C=C\C/C=C\CCCCCCCC(=O)OCC(COC(=O)CCCCCCCCCCCC)OC(=O)CCCCC/C=C\C/C=C\C/C=C\CC. The van der Waals surface area contributed by atoms with Gasteiger partial charge in [-0.1, -0.05) is 177 Å². The summed E-state index contributed by atoms with van der Waals surface area (Å²) in [7, 11) is 0. The molecule has 0 aliphatic carbocycles. The van der Waals surface area contributed by atoms with E-state index in [0.717, 1.165) is 122 Å². The zero-order valence-corrected chi connectivity index (χ0v) is 36.4. The van der Waals surface area contributed by atoms with Crippen molar-refractivity contribution in [1.82, 2.24) is 0 Å². The van der Waals surface area contributed by atoms with E-state index in [2.05, 4.69) is 93.7 Å². The van der Waals surface area contributed by atoms with Crippen LogP contribution < -0.4 is 0 Å². The smallest absolute Gasteiger partial charge is 0.306 e. The summed E-state index contributed by atoms with van der Waals surface area (Å²) in [6, 6.07) is 0. The van der Waals surface area contributed by atoms with Gasteiger partial charge in [-0.2, -0.15) is 0 Å². The molecule has 1 atom stereocenters. The highest BCUT2D eigenvalue weighted by Gasteiger charge is 2.19. The molecule has 0 aromatic heterocycles. The van der Waals surface area contributed by atoms with Gasteiger partial charge in [0.05, 0.1) is 0 Å². The topological polar surface area (TPSA) is 78.9 Å². The molecule has 6 nitrogen and oxygen atoms in total. The van der Waals surface area contributed by atoms with E-state index in [4.69, 9.17) is 14.2 Å². The Kier molecular flexibility index (Phi) is 42.1. The molecule has 0 amide bonds. The number of unbranched alkanes of at least 4 members (excludes halogenated alkanes) is 17. The Labute approximate surface area is 344 Å². The molecule has 0 spiro atoms. The van der Waals surface area contributed by atoms with Crippen LogP contribution in [-0.2, 0) is 28.6 Å². The van der Waals surface area contributed by atoms with Gasteiger partial charge in [-0.15, -0.1) is 0 Å². The maximum Gasteiger partial charge on any atom is 0.306 e. The molecule has 56 heavy (non-hydrogen) atoms. The van der Waals surface area contributed by atoms with Crippen LogP contribution in [-0.4, -0.2) is 37.2 Å². The molecule has 0 saturated heterocycles. The van der Waals surface area contributed by atoms with Crippen molar-refractivity contribution >= 4 is 17.9 Å². The van der Waals surface area contributed by atoms with E-state index in [1.165, 1.54) is 44.9 Å². The van der Waals surface area contributed by atoms with Crippen molar-refractivity contribution in [3.05, 3.63) is 72.9 Å². The van der Waals surface area contributed by atoms with Crippen LogP contribution in [0.3, 0.4) is 0 Å². The molecule has 0 saturated carbocycles. The number of allylic oxidation sites excluding steroid dienone is 12. The zero-order chi connectivity index (χ0) is 40.8. The van der Waals surface area contributed by atoms with Crippen molar-refractivity contribution in [2.24, 2.45) is 0 Å². The average Bonchev–Trinajstić information content (AvgIpc) is 3.19. The van der Waals surface area contributed by atoms with Crippen LogP contribution in [0, 0.1) is 0 Å². The van der Waals surface area contributed by atoms with E-state index in [-0.39, 0.29) is 31.1 Å². The van der Waals surface area contributed by atoms with E-state index in [9.17, 15) is 14.4 Å². The lowest BCUT2D eigenvalue weighted by Crippen LogP contribution is -2.30. The highest BCUT2D eigenvalue weighted by atomic mass is 16.6. The number of carbonyl (C=O) groups is 3. The molecule has 0 heterocycles. The predicted octanol–water partition coefficient (Wildman–Crippen LogP) is 14.7. The van der Waals surface area contributed by atoms with Gasteiger partial charge in [0.2, 0.25) is 0 Å². The summed E-state index contributed by atoms with van der Waals surface area (Å²) in [5.74, 6) is -0.946. The van der Waals surface area contributed by atoms with Crippen LogP contribution in [0.5, 0.6) is 0 Å². The van der Waals surface area contributed by atoms with Gasteiger partial charge in [-0.3, -0.25) is 14.4 Å². The molecule has 6 heteroatoms. The van der Waals surface area contributed by atoms with Gasteiger partial charge in [0, 0.05) is 19.3 Å². The molecule has 0 radical (unpaired) electrons. The first-order valence-electron chi connectivity index (χ1n) is 22.9. The van der Waals surface area contributed by atoms with Gasteiger partial charge in [0.15, 0.2) is 6.10 Å². The molecule has 0 aromatic rings. The van der Waals surface area contributed by atoms with Crippen LogP contribution in [0.2, 0.25) is 0 Å². The largest absolute Gasteiger partial charge is 0.462 e. The Morgan fingerprint density at radius 3 is 1.11 bits per heavy atom. The van der Waals surface area contributed by atoms with Gasteiger partial charge >= 0.3 is 17.9 Å². The Morgan fingerprint density at radius 2 is 0.696 bits per heavy atom. The summed E-state index contributed by atoms with van der Waals surface area (Å²) in [6.45, 7) is 6.34. The minimum atomic E-state index is -0.794. The van der Waals surface area contributed by atoms with E-state index in [1.807, 2.05) is 0 Å². The summed E-state index contributed by atoms with van der Waals surface area (Å²) >= 11 is 0. The second-order valence-electron chi connectivity index (χ2n) is 14.9. The molecule has 0 aliphatic heterocycles. The van der Waals surface area contributed by atoms with Crippen molar-refractivity contribution in [2.45, 2.75) is 213 Å². The van der Waals surface area contributed by atoms with Crippen molar-refractivity contribution in [3.8, 4) is 0 Å². The molecule has 0 N–H and O–H groups in total. The third-order valence-electron chi connectivity index (χ3n) is 9.46. The molecular weight excluding hydrogens is 697 g/mol. The minimum absolute atomic E-state index is 0.0925. The quantitative estimate of drug-likeness (QED) is 0.0267. The van der Waals surface area contributed by atoms with E-state index >= 15 is 0 Å². The van der Waals surface area contributed by atoms with Crippen molar-refractivity contribution in [1.29, 1.82) is 0 Å². The zero-order valence-electron chi connectivity index (χ0n) is 36.4. The maximum atomic E-state index is 12.7. The van der Waals surface area contributed by atoms with Crippen LogP contribution in [0.15, 0.2) is 72.9 Å². The van der Waals surface area contributed by atoms with E-state index in [0.29, 0.717) is 19.3 Å². The predicted molar refractivity (Wildman–Crippen MR) is 238 cm³/mol. The second-order valence-corrected chi connectivity index (χ2v) is 14.9. The summed E-state index contributed by atoms with van der Waals surface area (Å²) in [6.07, 6.45) is 54.5. The fourth-order valence-electron chi connectivity index (χ4n) is 6.06. The molecule has 320 valence electrons. The Morgan fingerprint density at radius 1 is 0.375 bits per heavy atom. The minimum Gasteiger partial charge on any atom is -0.462 e. The normalized spacial score (nSPS) is 12.7. The van der Waals surface area contributed by atoms with Gasteiger partial charge in [-0.25, -0.2) is 0 Å². The fourth-order valence-corrected chi connectivity index (χ4v) is 6.06. The molecule has 0 fully saturated rings. The second kappa shape index (κ2) is 44.6. The summed E-state index contributed by atoms with van der Waals surface area (Å²) < 4.78 is 16.7. The molecule has 0 aliphatic rings. The number of hydrogen-bond donors (Lipinski definition) is 0. The lowest BCUT2D eigenvalue weighted by atomic mass is 10.1. The van der Waals surface area contributed by atoms with Gasteiger partial charge < -0.3 is 14.2 Å². The maximum absolute atomic E-state index is 12.7. The number of rotatable bonds is 40. The number of esters is 3. The first-order chi connectivity index (χ1) is 27.5. The lowest BCUT2D eigenvalue weighted by molar-refractivity contribution is -0.167. The molecule has 0 bridgehead atoms. The lowest BCUT2D eigenvalue weighted by Gasteiger charge is -2.18. The highest BCUT2D eigenvalue weighted by molar-refractivity contribution is 5.71. The Bertz CT molecular complexity index is 1080. The van der Waals surface area contributed by atoms with Gasteiger partial charge in [-0.05, 0) is 83.5 Å². The summed E-state index contributed by atoms with van der Waals surface area (Å²) in [5.41, 5.74) is 0. The monoisotopic (exact) mass is 781 g/mol. The van der Waals surface area contributed by atoms with Crippen molar-refractivity contribution in [2.75, 3.05) is 13.2 Å². The molecular formula is C50H84O6. The third kappa shape index (κ3) is 42.0.